The molecule has 0 radical (unpaired) electrons. The minimum absolute atomic E-state index is 0.267. The standard InChI is InChI=1S/C22H23ClF3NO2/c1-2-14-3-5-15(6-4-14)20(27-11-9-16(10-12-27)21(28)29)18-13-17(22(24,25)26)7-8-19(18)23/h3-8,13,16,20H,2,9-12H2,1H3,(H,28,29). The van der Waals surface area contributed by atoms with Gasteiger partial charge in [-0.25, -0.2) is 0 Å². The van der Waals surface area contributed by atoms with Crippen molar-refractivity contribution in [2.24, 2.45) is 5.92 Å². The topological polar surface area (TPSA) is 40.5 Å². The molecule has 3 rings (SSSR count). The van der Waals surface area contributed by atoms with Gasteiger partial charge in [0.15, 0.2) is 0 Å². The van der Waals surface area contributed by atoms with Crippen LogP contribution in [-0.4, -0.2) is 29.1 Å². The van der Waals surface area contributed by atoms with Crippen LogP contribution >= 0.6 is 11.6 Å². The quantitative estimate of drug-likeness (QED) is 0.657. The summed E-state index contributed by atoms with van der Waals surface area (Å²) in [5, 5.41) is 9.53. The number of piperidine rings is 1. The highest BCUT2D eigenvalue weighted by Crippen LogP contribution is 2.39. The summed E-state index contributed by atoms with van der Waals surface area (Å²) < 4.78 is 40.0. The third-order valence-corrected chi connectivity index (χ3v) is 5.91. The molecule has 0 spiro atoms. The van der Waals surface area contributed by atoms with E-state index in [-0.39, 0.29) is 5.02 Å². The molecule has 2 aromatic rings. The largest absolute Gasteiger partial charge is 0.481 e. The molecule has 0 aromatic heterocycles. The van der Waals surface area contributed by atoms with Crippen molar-refractivity contribution in [3.63, 3.8) is 0 Å². The van der Waals surface area contributed by atoms with Crippen molar-refractivity contribution in [1.82, 2.24) is 4.90 Å². The SMILES string of the molecule is CCc1ccc(C(c2cc(C(F)(F)F)ccc2Cl)N2CCC(C(=O)O)CC2)cc1. The lowest BCUT2D eigenvalue weighted by molar-refractivity contribution is -0.143. The Balaban J connectivity index is 2.03. The number of hydrogen-bond donors (Lipinski definition) is 1. The molecule has 1 heterocycles. The number of rotatable bonds is 5. The summed E-state index contributed by atoms with van der Waals surface area (Å²) >= 11 is 6.36. The molecular weight excluding hydrogens is 403 g/mol. The molecule has 2 aromatic carbocycles. The molecule has 1 unspecified atom stereocenters. The van der Waals surface area contributed by atoms with Crippen molar-refractivity contribution in [3.05, 3.63) is 69.7 Å². The molecule has 3 nitrogen and oxygen atoms in total. The Morgan fingerprint density at radius 3 is 2.31 bits per heavy atom. The van der Waals surface area contributed by atoms with Gasteiger partial charge in [0.1, 0.15) is 0 Å². The number of carboxylic acid groups (broad SMARTS) is 1. The van der Waals surface area contributed by atoms with Crippen molar-refractivity contribution in [2.45, 2.75) is 38.4 Å². The lowest BCUT2D eigenvalue weighted by Gasteiger charge is -2.37. The number of alkyl halides is 3. The summed E-state index contributed by atoms with van der Waals surface area (Å²) in [6.45, 7) is 2.99. The average molecular weight is 426 g/mol. The van der Waals surface area contributed by atoms with Crippen molar-refractivity contribution in [2.75, 3.05) is 13.1 Å². The van der Waals surface area contributed by atoms with E-state index < -0.39 is 29.7 Å². The van der Waals surface area contributed by atoms with E-state index in [0.717, 1.165) is 29.7 Å². The number of likely N-dealkylation sites (tertiary alicyclic amines) is 1. The van der Waals surface area contributed by atoms with Gasteiger partial charge in [-0.2, -0.15) is 13.2 Å². The van der Waals surface area contributed by atoms with Gasteiger partial charge in [-0.05, 0) is 67.2 Å². The van der Waals surface area contributed by atoms with E-state index in [1.54, 1.807) is 0 Å². The van der Waals surface area contributed by atoms with E-state index in [9.17, 15) is 23.1 Å². The predicted molar refractivity (Wildman–Crippen MR) is 106 cm³/mol. The molecule has 0 bridgehead atoms. The predicted octanol–water partition coefficient (Wildman–Crippen LogP) is 5.81. The second-order valence-electron chi connectivity index (χ2n) is 7.38. The molecule has 1 aliphatic heterocycles. The fourth-order valence-corrected chi connectivity index (χ4v) is 4.08. The van der Waals surface area contributed by atoms with Gasteiger partial charge in [-0.1, -0.05) is 42.8 Å². The van der Waals surface area contributed by atoms with Crippen LogP contribution in [0.25, 0.3) is 0 Å². The number of hydrogen-bond acceptors (Lipinski definition) is 2. The monoisotopic (exact) mass is 425 g/mol. The van der Waals surface area contributed by atoms with Crippen molar-refractivity contribution < 1.29 is 23.1 Å². The van der Waals surface area contributed by atoms with E-state index in [1.165, 1.54) is 6.07 Å². The van der Waals surface area contributed by atoms with Gasteiger partial charge in [0.2, 0.25) is 0 Å². The van der Waals surface area contributed by atoms with Gasteiger partial charge in [0, 0.05) is 5.02 Å². The van der Waals surface area contributed by atoms with Crippen molar-refractivity contribution in [1.29, 1.82) is 0 Å². The van der Waals surface area contributed by atoms with Crippen LogP contribution in [0.2, 0.25) is 5.02 Å². The maximum Gasteiger partial charge on any atom is 0.416 e. The number of carbonyl (C=O) groups is 1. The van der Waals surface area contributed by atoms with Crippen LogP contribution in [-0.2, 0) is 17.4 Å². The van der Waals surface area contributed by atoms with Gasteiger partial charge < -0.3 is 5.11 Å². The molecular formula is C22H23ClF3NO2. The molecule has 29 heavy (non-hydrogen) atoms. The van der Waals surface area contributed by atoms with Crippen LogP contribution in [0.15, 0.2) is 42.5 Å². The fraction of sp³-hybridized carbons (Fsp3) is 0.409. The van der Waals surface area contributed by atoms with Crippen LogP contribution in [0.3, 0.4) is 0 Å². The van der Waals surface area contributed by atoms with Crippen molar-refractivity contribution >= 4 is 17.6 Å². The van der Waals surface area contributed by atoms with Crippen LogP contribution in [0.5, 0.6) is 0 Å². The fourth-order valence-electron chi connectivity index (χ4n) is 3.86. The van der Waals surface area contributed by atoms with Gasteiger partial charge in [0.05, 0.1) is 17.5 Å². The first-order valence-corrected chi connectivity index (χ1v) is 10.0. The van der Waals surface area contributed by atoms with Gasteiger partial charge in [-0.3, -0.25) is 9.69 Å². The zero-order valence-corrected chi connectivity index (χ0v) is 16.8. The molecule has 1 saturated heterocycles. The van der Waals surface area contributed by atoms with Gasteiger partial charge >= 0.3 is 12.1 Å². The smallest absolute Gasteiger partial charge is 0.416 e. The number of carboxylic acids is 1. The Morgan fingerprint density at radius 1 is 1.17 bits per heavy atom. The molecule has 7 heteroatoms. The maximum atomic E-state index is 13.3. The Bertz CT molecular complexity index is 859. The minimum atomic E-state index is -4.47. The van der Waals surface area contributed by atoms with E-state index in [1.807, 2.05) is 36.1 Å². The Morgan fingerprint density at radius 2 is 1.79 bits per heavy atom. The van der Waals surface area contributed by atoms with Gasteiger partial charge in [-0.15, -0.1) is 0 Å². The molecule has 1 N–H and O–H groups in total. The van der Waals surface area contributed by atoms with Crippen molar-refractivity contribution in [3.8, 4) is 0 Å². The highest BCUT2D eigenvalue weighted by Gasteiger charge is 2.35. The van der Waals surface area contributed by atoms with Crippen LogP contribution in [0, 0.1) is 5.92 Å². The summed E-state index contributed by atoms with van der Waals surface area (Å²) in [6, 6.07) is 10.7. The maximum absolute atomic E-state index is 13.3. The molecule has 1 atom stereocenters. The molecule has 1 fully saturated rings. The number of aryl methyl sites for hydroxylation is 1. The highest BCUT2D eigenvalue weighted by molar-refractivity contribution is 6.31. The second kappa shape index (κ2) is 8.76. The Kier molecular flexibility index (Phi) is 6.54. The molecule has 0 aliphatic carbocycles. The Hall–Kier alpha value is -2.05. The first kappa shape index (κ1) is 21.7. The van der Waals surface area contributed by atoms with E-state index >= 15 is 0 Å². The highest BCUT2D eigenvalue weighted by atomic mass is 35.5. The van der Waals surface area contributed by atoms with Gasteiger partial charge in [0.25, 0.3) is 0 Å². The van der Waals surface area contributed by atoms with E-state index in [4.69, 9.17) is 11.6 Å². The zero-order chi connectivity index (χ0) is 21.2. The molecule has 0 saturated carbocycles. The Labute approximate surface area is 173 Å². The average Bonchev–Trinajstić information content (AvgIpc) is 2.69. The minimum Gasteiger partial charge on any atom is -0.481 e. The number of aliphatic carboxylic acids is 1. The number of benzene rings is 2. The lowest BCUT2D eigenvalue weighted by atomic mass is 9.90. The summed E-state index contributed by atoms with van der Waals surface area (Å²) in [5.74, 6) is -1.25. The first-order valence-electron chi connectivity index (χ1n) is 9.63. The number of halogens is 4. The third kappa shape index (κ3) is 4.93. The first-order chi connectivity index (χ1) is 13.7. The summed E-state index contributed by atoms with van der Waals surface area (Å²) in [7, 11) is 0. The summed E-state index contributed by atoms with van der Waals surface area (Å²) in [4.78, 5) is 13.3. The molecule has 156 valence electrons. The van der Waals surface area contributed by atoms with Crippen LogP contribution in [0.1, 0.15) is 48.1 Å². The lowest BCUT2D eigenvalue weighted by Crippen LogP contribution is -2.39. The molecule has 0 amide bonds. The van der Waals surface area contributed by atoms with E-state index in [2.05, 4.69) is 0 Å². The van der Waals surface area contributed by atoms with Crippen LogP contribution in [0.4, 0.5) is 13.2 Å². The zero-order valence-electron chi connectivity index (χ0n) is 16.0. The summed E-state index contributed by atoms with van der Waals surface area (Å²) in [6.07, 6.45) is -2.70. The van der Waals surface area contributed by atoms with Crippen LogP contribution < -0.4 is 0 Å². The summed E-state index contributed by atoms with van der Waals surface area (Å²) in [5.41, 5.74) is 1.62. The normalized spacial score (nSPS) is 17.3. The third-order valence-electron chi connectivity index (χ3n) is 5.57. The molecule has 1 aliphatic rings. The van der Waals surface area contributed by atoms with E-state index in [0.29, 0.717) is 31.5 Å². The number of nitrogens with zero attached hydrogens (tertiary/aromatic N) is 1. The second-order valence-corrected chi connectivity index (χ2v) is 7.79.